The van der Waals surface area contributed by atoms with Crippen LogP contribution in [0.15, 0.2) is 54.6 Å². The summed E-state index contributed by atoms with van der Waals surface area (Å²) in [5.74, 6) is 0. The highest BCUT2D eigenvalue weighted by atomic mass is 16.5. The third kappa shape index (κ3) is 5.47. The highest BCUT2D eigenvalue weighted by molar-refractivity contribution is 5.63. The maximum Gasteiger partial charge on any atom is 0.0766 e. The van der Waals surface area contributed by atoms with Crippen LogP contribution >= 0.6 is 0 Å². The lowest BCUT2D eigenvalue weighted by molar-refractivity contribution is 0.0427. The number of nitrogens with one attached hydrogen (secondary N) is 1. The molecule has 0 radical (unpaired) electrons. The van der Waals surface area contributed by atoms with Crippen molar-refractivity contribution >= 4 is 0 Å². The summed E-state index contributed by atoms with van der Waals surface area (Å²) in [6, 6.07) is 19.2. The van der Waals surface area contributed by atoms with Crippen LogP contribution in [0.3, 0.4) is 0 Å². The molecule has 0 aliphatic carbocycles. The highest BCUT2D eigenvalue weighted by Gasteiger charge is 2.18. The smallest absolute Gasteiger partial charge is 0.0766 e. The summed E-state index contributed by atoms with van der Waals surface area (Å²) >= 11 is 0. The van der Waals surface area contributed by atoms with Gasteiger partial charge >= 0.3 is 0 Å². The van der Waals surface area contributed by atoms with Crippen molar-refractivity contribution in [1.82, 2.24) is 5.32 Å². The molecule has 0 saturated heterocycles. The van der Waals surface area contributed by atoms with E-state index in [1.165, 1.54) is 16.7 Å². The van der Waals surface area contributed by atoms with E-state index in [9.17, 15) is 0 Å². The fourth-order valence-corrected chi connectivity index (χ4v) is 2.79. The van der Waals surface area contributed by atoms with Crippen LogP contribution in [0.25, 0.3) is 11.1 Å². The molecule has 124 valence electrons. The molecular weight excluding hydrogens is 284 g/mol. The zero-order chi connectivity index (χ0) is 16.5. The zero-order valence-electron chi connectivity index (χ0n) is 14.2. The molecule has 0 heterocycles. The van der Waals surface area contributed by atoms with Gasteiger partial charge in [-0.05, 0) is 43.6 Å². The fourth-order valence-electron chi connectivity index (χ4n) is 2.79. The SMILES string of the molecule is CCOC(Cc1cccc(-c2ccccc2)c1)C(N)CCNC. The number of benzene rings is 2. The molecule has 0 bridgehead atoms. The molecule has 23 heavy (non-hydrogen) atoms. The Kier molecular flexibility index (Phi) is 7.27. The number of rotatable bonds is 9. The van der Waals surface area contributed by atoms with Gasteiger partial charge in [0.15, 0.2) is 0 Å². The maximum atomic E-state index is 6.32. The molecular formula is C20H28N2O. The fraction of sp³-hybridized carbons (Fsp3) is 0.400. The lowest BCUT2D eigenvalue weighted by Gasteiger charge is -2.24. The first kappa shape index (κ1) is 17.7. The lowest BCUT2D eigenvalue weighted by Crippen LogP contribution is -2.40. The van der Waals surface area contributed by atoms with Gasteiger partial charge in [0.05, 0.1) is 6.10 Å². The summed E-state index contributed by atoms with van der Waals surface area (Å²) in [6.07, 6.45) is 1.82. The minimum Gasteiger partial charge on any atom is -0.377 e. The Balaban J connectivity index is 2.10. The molecule has 0 saturated carbocycles. The third-order valence-corrected chi connectivity index (χ3v) is 4.06. The van der Waals surface area contributed by atoms with Crippen molar-refractivity contribution in [3.63, 3.8) is 0 Å². The van der Waals surface area contributed by atoms with Crippen LogP contribution in [-0.4, -0.2) is 32.3 Å². The van der Waals surface area contributed by atoms with Crippen molar-refractivity contribution in [2.75, 3.05) is 20.2 Å². The predicted octanol–water partition coefficient (Wildman–Crippen LogP) is 3.24. The second kappa shape index (κ2) is 9.46. The number of nitrogens with two attached hydrogens (primary N) is 1. The van der Waals surface area contributed by atoms with Crippen molar-refractivity contribution in [3.8, 4) is 11.1 Å². The molecule has 0 fully saturated rings. The summed E-state index contributed by atoms with van der Waals surface area (Å²) in [5, 5.41) is 3.15. The quantitative estimate of drug-likeness (QED) is 0.747. The van der Waals surface area contributed by atoms with E-state index >= 15 is 0 Å². The first-order valence-electron chi connectivity index (χ1n) is 8.40. The molecule has 0 amide bonds. The molecule has 2 atom stereocenters. The Bertz CT molecular complexity index is 571. The minimum atomic E-state index is 0.0442. The van der Waals surface area contributed by atoms with Crippen molar-refractivity contribution in [2.45, 2.75) is 31.9 Å². The van der Waals surface area contributed by atoms with E-state index in [1.54, 1.807) is 0 Å². The van der Waals surface area contributed by atoms with E-state index < -0.39 is 0 Å². The van der Waals surface area contributed by atoms with Gasteiger partial charge in [-0.25, -0.2) is 0 Å². The van der Waals surface area contributed by atoms with Gasteiger partial charge in [-0.1, -0.05) is 54.6 Å². The first-order chi connectivity index (χ1) is 11.2. The van der Waals surface area contributed by atoms with Crippen LogP contribution in [0.1, 0.15) is 18.9 Å². The Morgan fingerprint density at radius 2 is 1.78 bits per heavy atom. The van der Waals surface area contributed by atoms with E-state index in [0.29, 0.717) is 6.61 Å². The average Bonchev–Trinajstić information content (AvgIpc) is 2.60. The topological polar surface area (TPSA) is 47.3 Å². The van der Waals surface area contributed by atoms with Gasteiger partial charge < -0.3 is 15.8 Å². The van der Waals surface area contributed by atoms with E-state index in [-0.39, 0.29) is 12.1 Å². The largest absolute Gasteiger partial charge is 0.377 e. The minimum absolute atomic E-state index is 0.0442. The summed E-state index contributed by atoms with van der Waals surface area (Å²) in [4.78, 5) is 0. The van der Waals surface area contributed by atoms with Crippen molar-refractivity contribution in [1.29, 1.82) is 0 Å². The van der Waals surface area contributed by atoms with Gasteiger partial charge in [-0.15, -0.1) is 0 Å². The van der Waals surface area contributed by atoms with Crippen LogP contribution < -0.4 is 11.1 Å². The van der Waals surface area contributed by atoms with E-state index in [1.807, 2.05) is 20.0 Å². The maximum absolute atomic E-state index is 6.32. The van der Waals surface area contributed by atoms with Crippen molar-refractivity contribution in [2.24, 2.45) is 5.73 Å². The summed E-state index contributed by atoms with van der Waals surface area (Å²) in [6.45, 7) is 3.63. The van der Waals surface area contributed by atoms with Gasteiger partial charge in [0.1, 0.15) is 0 Å². The standard InChI is InChI=1S/C20H28N2O/c1-3-23-20(19(21)12-13-22-2)15-16-8-7-11-18(14-16)17-9-5-4-6-10-17/h4-11,14,19-20,22H,3,12-13,15,21H2,1-2H3. The van der Waals surface area contributed by atoms with E-state index in [2.05, 4.69) is 53.8 Å². The Labute approximate surface area is 139 Å². The van der Waals surface area contributed by atoms with Gasteiger partial charge in [-0.3, -0.25) is 0 Å². The predicted molar refractivity (Wildman–Crippen MR) is 97.5 cm³/mol. The molecule has 0 aromatic heterocycles. The van der Waals surface area contributed by atoms with Crippen molar-refractivity contribution in [3.05, 3.63) is 60.2 Å². The van der Waals surface area contributed by atoms with E-state index in [0.717, 1.165) is 19.4 Å². The highest BCUT2D eigenvalue weighted by Crippen LogP contribution is 2.21. The molecule has 3 N–H and O–H groups in total. The second-order valence-electron chi connectivity index (χ2n) is 5.82. The van der Waals surface area contributed by atoms with Crippen molar-refractivity contribution < 1.29 is 4.74 Å². The monoisotopic (exact) mass is 312 g/mol. The Morgan fingerprint density at radius 3 is 2.48 bits per heavy atom. The summed E-state index contributed by atoms with van der Waals surface area (Å²) < 4.78 is 5.90. The second-order valence-corrected chi connectivity index (χ2v) is 5.82. The molecule has 0 spiro atoms. The molecule has 0 aliphatic heterocycles. The third-order valence-electron chi connectivity index (χ3n) is 4.06. The molecule has 2 unspecified atom stereocenters. The molecule has 2 aromatic rings. The first-order valence-corrected chi connectivity index (χ1v) is 8.40. The molecule has 0 aliphatic rings. The van der Waals surface area contributed by atoms with Crippen LogP contribution in [0.4, 0.5) is 0 Å². The van der Waals surface area contributed by atoms with Crippen LogP contribution in [0.2, 0.25) is 0 Å². The molecule has 3 nitrogen and oxygen atoms in total. The van der Waals surface area contributed by atoms with Gasteiger partial charge in [0.25, 0.3) is 0 Å². The zero-order valence-corrected chi connectivity index (χ0v) is 14.2. The number of hydrogen-bond acceptors (Lipinski definition) is 3. The van der Waals surface area contributed by atoms with Gasteiger partial charge in [-0.2, -0.15) is 0 Å². The van der Waals surface area contributed by atoms with Gasteiger partial charge in [0, 0.05) is 19.1 Å². The summed E-state index contributed by atoms with van der Waals surface area (Å²) in [7, 11) is 1.95. The number of ether oxygens (including phenoxy) is 1. The summed E-state index contributed by atoms with van der Waals surface area (Å²) in [5.41, 5.74) is 10.1. The Morgan fingerprint density at radius 1 is 1.04 bits per heavy atom. The van der Waals surface area contributed by atoms with Gasteiger partial charge in [0.2, 0.25) is 0 Å². The number of hydrogen-bond donors (Lipinski definition) is 2. The molecule has 2 aromatic carbocycles. The van der Waals surface area contributed by atoms with Crippen LogP contribution in [0.5, 0.6) is 0 Å². The molecule has 2 rings (SSSR count). The lowest BCUT2D eigenvalue weighted by atomic mass is 9.97. The van der Waals surface area contributed by atoms with Crippen LogP contribution in [-0.2, 0) is 11.2 Å². The normalized spacial score (nSPS) is 13.7. The molecule has 3 heteroatoms. The van der Waals surface area contributed by atoms with E-state index in [4.69, 9.17) is 10.5 Å². The Hall–Kier alpha value is -1.68. The van der Waals surface area contributed by atoms with Crippen LogP contribution in [0, 0.1) is 0 Å². The average molecular weight is 312 g/mol.